The fourth-order valence-corrected chi connectivity index (χ4v) is 7.58. The highest BCUT2D eigenvalue weighted by Gasteiger charge is 2.40. The van der Waals surface area contributed by atoms with E-state index in [9.17, 15) is 5.11 Å². The first-order chi connectivity index (χ1) is 19.9. The molecule has 4 atom stereocenters. The Morgan fingerprint density at radius 1 is 1.12 bits per heavy atom. The van der Waals surface area contributed by atoms with Crippen LogP contribution >= 0.6 is 11.6 Å². The van der Waals surface area contributed by atoms with E-state index >= 15 is 4.39 Å². The molecular weight excluding hydrogens is 541 g/mol. The van der Waals surface area contributed by atoms with Gasteiger partial charge in [-0.05, 0) is 63.4 Å². The highest BCUT2D eigenvalue weighted by molar-refractivity contribution is 6.36. The summed E-state index contributed by atoms with van der Waals surface area (Å²) in [6, 6.07) is 12.2. The molecular formula is C32H35ClFN5O2. The summed E-state index contributed by atoms with van der Waals surface area (Å²) in [5, 5.41) is 13.3. The van der Waals surface area contributed by atoms with Gasteiger partial charge in [-0.1, -0.05) is 41.9 Å². The highest BCUT2D eigenvalue weighted by atomic mass is 35.5. The van der Waals surface area contributed by atoms with Crippen LogP contribution in [0.5, 0.6) is 6.01 Å². The number of benzene rings is 2. The monoisotopic (exact) mass is 575 g/mol. The van der Waals surface area contributed by atoms with Crippen molar-refractivity contribution in [1.82, 2.24) is 19.9 Å². The first-order valence-corrected chi connectivity index (χ1v) is 15.1. The van der Waals surface area contributed by atoms with Gasteiger partial charge in [0.25, 0.3) is 0 Å². The number of hydrogen-bond acceptors (Lipinski definition) is 7. The largest absolute Gasteiger partial charge is 0.462 e. The Bertz CT molecular complexity index is 1610. The predicted octanol–water partition coefficient (Wildman–Crippen LogP) is 6.10. The molecule has 1 aliphatic carbocycles. The van der Waals surface area contributed by atoms with Crippen molar-refractivity contribution in [2.45, 2.75) is 57.7 Å². The van der Waals surface area contributed by atoms with Crippen LogP contribution in [0.4, 0.5) is 10.2 Å². The molecule has 7 rings (SSSR count). The van der Waals surface area contributed by atoms with Gasteiger partial charge in [0.05, 0.1) is 11.5 Å². The summed E-state index contributed by atoms with van der Waals surface area (Å²) in [6.45, 7) is 7.31. The minimum absolute atomic E-state index is 0.175. The van der Waals surface area contributed by atoms with E-state index in [1.54, 1.807) is 12.3 Å². The number of likely N-dealkylation sites (tertiary alicyclic amines) is 1. The zero-order valence-corrected chi connectivity index (χ0v) is 24.2. The number of hydrogen-bond donors (Lipinski definition) is 1. The molecule has 0 radical (unpaired) electrons. The van der Waals surface area contributed by atoms with Crippen LogP contribution in [-0.2, 0) is 0 Å². The lowest BCUT2D eigenvalue weighted by Gasteiger charge is -2.33. The SMILES string of the molecule is CC(C)N1CCC[C@H]1COc1nc(N2CC3C[C@H](C[C@H]3O)C2)c2cnc(-c3cccc4cccc(Cl)c34)c(F)c2n1. The molecule has 2 bridgehead atoms. The summed E-state index contributed by atoms with van der Waals surface area (Å²) in [5.41, 5.74) is 1.00. The maximum absolute atomic E-state index is 16.6. The Hall–Kier alpha value is -3.07. The van der Waals surface area contributed by atoms with E-state index in [0.717, 1.165) is 49.5 Å². The second-order valence-corrected chi connectivity index (χ2v) is 12.6. The number of rotatable bonds is 6. The van der Waals surface area contributed by atoms with Gasteiger partial charge in [0, 0.05) is 53.3 Å². The molecule has 4 aromatic rings. The number of ether oxygens (including phenoxy) is 1. The molecule has 0 amide bonds. The van der Waals surface area contributed by atoms with Gasteiger partial charge in [0.15, 0.2) is 5.82 Å². The van der Waals surface area contributed by atoms with Crippen LogP contribution in [0, 0.1) is 17.7 Å². The van der Waals surface area contributed by atoms with Gasteiger partial charge in [-0.25, -0.2) is 4.39 Å². The second-order valence-electron chi connectivity index (χ2n) is 12.2. The van der Waals surface area contributed by atoms with Gasteiger partial charge in [-0.3, -0.25) is 9.88 Å². The molecule has 7 nitrogen and oxygen atoms in total. The average Bonchev–Trinajstić information content (AvgIpc) is 3.54. The Balaban J connectivity index is 1.33. The van der Waals surface area contributed by atoms with Gasteiger partial charge in [-0.2, -0.15) is 9.97 Å². The first kappa shape index (κ1) is 26.8. The Morgan fingerprint density at radius 3 is 2.76 bits per heavy atom. The minimum atomic E-state index is -0.520. The lowest BCUT2D eigenvalue weighted by molar-refractivity contribution is 0.137. The van der Waals surface area contributed by atoms with Crippen LogP contribution in [0.3, 0.4) is 0 Å². The first-order valence-electron chi connectivity index (χ1n) is 14.7. The van der Waals surface area contributed by atoms with Crippen molar-refractivity contribution in [1.29, 1.82) is 0 Å². The van der Waals surface area contributed by atoms with Gasteiger partial charge < -0.3 is 14.7 Å². The number of fused-ring (bicyclic) bond motifs is 4. The van der Waals surface area contributed by atoms with E-state index in [-0.39, 0.29) is 35.3 Å². The summed E-state index contributed by atoms with van der Waals surface area (Å²) in [6.07, 6.45) is 5.35. The zero-order valence-electron chi connectivity index (χ0n) is 23.4. The third kappa shape index (κ3) is 4.80. The molecule has 0 spiro atoms. The maximum Gasteiger partial charge on any atom is 0.319 e. The lowest BCUT2D eigenvalue weighted by atomic mass is 9.98. The molecule has 2 aromatic carbocycles. The molecule has 2 aliphatic heterocycles. The Labute approximate surface area is 244 Å². The summed E-state index contributed by atoms with van der Waals surface area (Å²) in [7, 11) is 0. The van der Waals surface area contributed by atoms with E-state index in [0.29, 0.717) is 46.9 Å². The van der Waals surface area contributed by atoms with Gasteiger partial charge in [0.1, 0.15) is 23.6 Å². The smallest absolute Gasteiger partial charge is 0.319 e. The molecule has 3 aliphatic rings. The van der Waals surface area contributed by atoms with Gasteiger partial charge >= 0.3 is 6.01 Å². The minimum Gasteiger partial charge on any atom is -0.462 e. The molecule has 1 N–H and O–H groups in total. The number of aliphatic hydroxyl groups is 1. The van der Waals surface area contributed by atoms with Crippen LogP contribution < -0.4 is 9.64 Å². The number of halogens is 2. The van der Waals surface area contributed by atoms with Crippen LogP contribution in [-0.4, -0.2) is 69.4 Å². The fourth-order valence-electron chi connectivity index (χ4n) is 7.30. The van der Waals surface area contributed by atoms with E-state index in [2.05, 4.69) is 33.6 Å². The molecule has 4 heterocycles. The number of anilines is 1. The zero-order chi connectivity index (χ0) is 28.2. The van der Waals surface area contributed by atoms with Crippen molar-refractivity contribution in [2.75, 3.05) is 31.1 Å². The molecule has 1 unspecified atom stereocenters. The van der Waals surface area contributed by atoms with E-state index < -0.39 is 5.82 Å². The normalized spacial score (nSPS) is 24.7. The van der Waals surface area contributed by atoms with Crippen LogP contribution in [0.1, 0.15) is 39.5 Å². The van der Waals surface area contributed by atoms with Crippen molar-refractivity contribution < 1.29 is 14.2 Å². The molecule has 9 heteroatoms. The predicted molar refractivity (Wildman–Crippen MR) is 160 cm³/mol. The van der Waals surface area contributed by atoms with E-state index in [1.807, 2.05) is 30.3 Å². The number of pyridine rings is 1. The van der Waals surface area contributed by atoms with Crippen LogP contribution in [0.2, 0.25) is 5.02 Å². The van der Waals surface area contributed by atoms with Crippen molar-refractivity contribution in [3.63, 3.8) is 0 Å². The van der Waals surface area contributed by atoms with Crippen molar-refractivity contribution in [3.05, 3.63) is 53.4 Å². The second kappa shape index (κ2) is 10.6. The van der Waals surface area contributed by atoms with Crippen LogP contribution in [0.15, 0.2) is 42.6 Å². The summed E-state index contributed by atoms with van der Waals surface area (Å²) in [5.74, 6) is 0.658. The molecule has 1 saturated carbocycles. The summed E-state index contributed by atoms with van der Waals surface area (Å²) >= 11 is 6.59. The van der Waals surface area contributed by atoms with Crippen molar-refractivity contribution >= 4 is 39.1 Å². The number of piperidine rings is 1. The number of nitrogens with zero attached hydrogens (tertiary/aromatic N) is 5. The summed E-state index contributed by atoms with van der Waals surface area (Å²) in [4.78, 5) is 18.7. The van der Waals surface area contributed by atoms with Crippen molar-refractivity contribution in [2.24, 2.45) is 11.8 Å². The lowest BCUT2D eigenvalue weighted by Crippen LogP contribution is -2.39. The highest BCUT2D eigenvalue weighted by Crippen LogP contribution is 2.41. The van der Waals surface area contributed by atoms with Gasteiger partial charge in [-0.15, -0.1) is 0 Å². The molecule has 214 valence electrons. The average molecular weight is 576 g/mol. The number of aromatic nitrogens is 3. The number of aliphatic hydroxyl groups excluding tert-OH is 1. The summed E-state index contributed by atoms with van der Waals surface area (Å²) < 4.78 is 22.8. The van der Waals surface area contributed by atoms with Crippen molar-refractivity contribution in [3.8, 4) is 17.3 Å². The quantitative estimate of drug-likeness (QED) is 0.298. The van der Waals surface area contributed by atoms with E-state index in [1.165, 1.54) is 0 Å². The maximum atomic E-state index is 16.6. The Morgan fingerprint density at radius 2 is 1.95 bits per heavy atom. The fraction of sp³-hybridized carbons (Fsp3) is 0.469. The third-order valence-corrected chi connectivity index (χ3v) is 9.55. The standard InChI is InChI=1S/C32H35ClFN5O2/c1-18(2)39-11-5-8-22(39)17-41-32-36-30-24(31(37-32)38-15-19-12-21(16-38)26(40)13-19)14-35-29(28(30)34)23-9-3-6-20-7-4-10-25(33)27(20)23/h3-4,6-7,9-10,14,18-19,21-22,26,40H,5,8,11-13,15-17H2,1-2H3/t19-,21?,22+,26-/m1/s1. The topological polar surface area (TPSA) is 74.6 Å². The molecule has 41 heavy (non-hydrogen) atoms. The third-order valence-electron chi connectivity index (χ3n) is 9.23. The van der Waals surface area contributed by atoms with E-state index in [4.69, 9.17) is 21.3 Å². The van der Waals surface area contributed by atoms with Crippen LogP contribution in [0.25, 0.3) is 32.9 Å². The van der Waals surface area contributed by atoms with Gasteiger partial charge in [0.2, 0.25) is 0 Å². The Kier molecular flexibility index (Phi) is 6.96. The molecule has 3 fully saturated rings. The molecule has 2 aromatic heterocycles. The molecule has 2 saturated heterocycles.